The van der Waals surface area contributed by atoms with Crippen molar-refractivity contribution in [3.8, 4) is 0 Å². The Kier molecular flexibility index (Phi) is 4.12. The van der Waals surface area contributed by atoms with Gasteiger partial charge in [0.2, 0.25) is 0 Å². The summed E-state index contributed by atoms with van der Waals surface area (Å²) in [7, 11) is 0. The van der Waals surface area contributed by atoms with E-state index >= 15 is 0 Å². The molecular formula is C16H17N3O3S. The summed E-state index contributed by atoms with van der Waals surface area (Å²) in [5, 5.41) is 10.3. The fourth-order valence-electron chi connectivity index (χ4n) is 3.04. The van der Waals surface area contributed by atoms with Gasteiger partial charge in [0.15, 0.2) is 0 Å². The van der Waals surface area contributed by atoms with Crippen molar-refractivity contribution in [2.45, 2.75) is 19.8 Å². The predicted molar refractivity (Wildman–Crippen MR) is 85.6 cm³/mol. The zero-order chi connectivity index (χ0) is 16.6. The standard InChI is InChI=1S/C16H17N3O3S/c1-9-14(23-10(2)18-9)15(20)19-7-12(13(8-19)16(21)22)11-3-5-17-6-4-11/h3-6,12-13H,7-8H2,1-2H3,(H,21,22)/t12-,13+/m0/s1. The molecule has 0 radical (unpaired) electrons. The summed E-state index contributed by atoms with van der Waals surface area (Å²) >= 11 is 1.36. The molecule has 7 heteroatoms. The maximum atomic E-state index is 12.7. The first-order chi connectivity index (χ1) is 11.0. The third-order valence-corrected chi connectivity index (χ3v) is 5.22. The molecule has 0 aliphatic carbocycles. The number of hydrogen-bond donors (Lipinski definition) is 1. The lowest BCUT2D eigenvalue weighted by molar-refractivity contribution is -0.141. The van der Waals surface area contributed by atoms with Crippen LogP contribution in [0.15, 0.2) is 24.5 Å². The van der Waals surface area contributed by atoms with Gasteiger partial charge in [-0.05, 0) is 31.5 Å². The maximum absolute atomic E-state index is 12.7. The van der Waals surface area contributed by atoms with Gasteiger partial charge < -0.3 is 10.0 Å². The van der Waals surface area contributed by atoms with Crippen LogP contribution in [0.3, 0.4) is 0 Å². The van der Waals surface area contributed by atoms with Crippen LogP contribution in [0.1, 0.15) is 31.9 Å². The number of carbonyl (C=O) groups is 2. The number of amides is 1. The number of pyridine rings is 1. The van der Waals surface area contributed by atoms with Gasteiger partial charge in [-0.25, -0.2) is 4.98 Å². The number of aliphatic carboxylic acids is 1. The average molecular weight is 331 g/mol. The molecule has 2 aromatic heterocycles. The van der Waals surface area contributed by atoms with Gasteiger partial charge in [0.1, 0.15) is 4.88 Å². The highest BCUT2D eigenvalue weighted by Gasteiger charge is 2.41. The monoisotopic (exact) mass is 331 g/mol. The Morgan fingerprint density at radius 2 is 1.96 bits per heavy atom. The first kappa shape index (κ1) is 15.6. The van der Waals surface area contributed by atoms with Gasteiger partial charge in [0, 0.05) is 31.4 Å². The van der Waals surface area contributed by atoms with Crippen LogP contribution in [0, 0.1) is 19.8 Å². The number of carbonyl (C=O) groups excluding carboxylic acids is 1. The number of thiazole rings is 1. The average Bonchev–Trinajstić information content (AvgIpc) is 3.11. The molecule has 2 atom stereocenters. The number of rotatable bonds is 3. The van der Waals surface area contributed by atoms with Crippen LogP contribution in [0.5, 0.6) is 0 Å². The Morgan fingerprint density at radius 3 is 2.52 bits per heavy atom. The van der Waals surface area contributed by atoms with Crippen LogP contribution in [0.4, 0.5) is 0 Å². The SMILES string of the molecule is Cc1nc(C)c(C(=O)N2C[C@@H](C(=O)O)[C@H](c3ccncc3)C2)s1. The smallest absolute Gasteiger partial charge is 0.308 e. The van der Waals surface area contributed by atoms with Crippen LogP contribution < -0.4 is 0 Å². The third kappa shape index (κ3) is 2.96. The molecule has 1 fully saturated rings. The van der Waals surface area contributed by atoms with Crippen molar-refractivity contribution in [3.05, 3.63) is 45.7 Å². The van der Waals surface area contributed by atoms with Crippen molar-refractivity contribution >= 4 is 23.2 Å². The van der Waals surface area contributed by atoms with Gasteiger partial charge >= 0.3 is 5.97 Å². The second-order valence-corrected chi connectivity index (χ2v) is 6.89. The maximum Gasteiger partial charge on any atom is 0.308 e. The van der Waals surface area contributed by atoms with Gasteiger partial charge in [-0.15, -0.1) is 11.3 Å². The molecule has 0 spiro atoms. The van der Waals surface area contributed by atoms with Crippen LogP contribution in [-0.2, 0) is 4.79 Å². The summed E-state index contributed by atoms with van der Waals surface area (Å²) < 4.78 is 0. The summed E-state index contributed by atoms with van der Waals surface area (Å²) in [6.45, 7) is 4.29. The fraction of sp³-hybridized carbons (Fsp3) is 0.375. The normalized spacial score (nSPS) is 20.7. The minimum absolute atomic E-state index is 0.129. The van der Waals surface area contributed by atoms with Crippen molar-refractivity contribution in [2.75, 3.05) is 13.1 Å². The van der Waals surface area contributed by atoms with E-state index in [2.05, 4.69) is 9.97 Å². The summed E-state index contributed by atoms with van der Waals surface area (Å²) in [6.07, 6.45) is 3.30. The van der Waals surface area contributed by atoms with E-state index in [1.165, 1.54) is 11.3 Å². The number of aryl methyl sites for hydroxylation is 2. The van der Waals surface area contributed by atoms with Gasteiger partial charge in [-0.3, -0.25) is 14.6 Å². The molecule has 1 amide bonds. The molecule has 0 bridgehead atoms. The van der Waals surface area contributed by atoms with Crippen molar-refractivity contribution in [2.24, 2.45) is 5.92 Å². The van der Waals surface area contributed by atoms with E-state index in [1.807, 2.05) is 26.0 Å². The lowest BCUT2D eigenvalue weighted by Gasteiger charge is -2.15. The molecule has 1 aliphatic rings. The molecule has 1 aliphatic heterocycles. The van der Waals surface area contributed by atoms with E-state index in [-0.39, 0.29) is 18.4 Å². The quantitative estimate of drug-likeness (QED) is 0.931. The van der Waals surface area contributed by atoms with Crippen molar-refractivity contribution in [3.63, 3.8) is 0 Å². The Bertz CT molecular complexity index is 744. The first-order valence-corrected chi connectivity index (χ1v) is 8.15. The molecule has 23 heavy (non-hydrogen) atoms. The molecule has 120 valence electrons. The summed E-state index contributed by atoms with van der Waals surface area (Å²) in [4.78, 5) is 34.8. The van der Waals surface area contributed by atoms with Crippen molar-refractivity contribution in [1.82, 2.24) is 14.9 Å². The van der Waals surface area contributed by atoms with E-state index in [0.29, 0.717) is 17.1 Å². The minimum Gasteiger partial charge on any atom is -0.481 e. The number of carboxylic acid groups (broad SMARTS) is 1. The Labute approximate surface area is 137 Å². The number of carboxylic acids is 1. The second kappa shape index (κ2) is 6.08. The van der Waals surface area contributed by atoms with Crippen molar-refractivity contribution in [1.29, 1.82) is 0 Å². The highest BCUT2D eigenvalue weighted by molar-refractivity contribution is 7.13. The lowest BCUT2D eigenvalue weighted by Crippen LogP contribution is -2.29. The molecule has 6 nitrogen and oxygen atoms in total. The van der Waals surface area contributed by atoms with E-state index in [9.17, 15) is 14.7 Å². The van der Waals surface area contributed by atoms with Gasteiger partial charge in [-0.1, -0.05) is 0 Å². The zero-order valence-corrected chi connectivity index (χ0v) is 13.7. The van der Waals surface area contributed by atoms with E-state index in [1.54, 1.807) is 17.3 Å². The van der Waals surface area contributed by atoms with Crippen molar-refractivity contribution < 1.29 is 14.7 Å². The minimum atomic E-state index is -0.876. The molecule has 0 unspecified atom stereocenters. The summed E-state index contributed by atoms with van der Waals surface area (Å²) in [6, 6.07) is 3.63. The fourth-order valence-corrected chi connectivity index (χ4v) is 3.93. The van der Waals surface area contributed by atoms with Crippen LogP contribution in [0.2, 0.25) is 0 Å². The summed E-state index contributed by atoms with van der Waals surface area (Å²) in [5.74, 6) is -1.82. The number of nitrogens with zero attached hydrogens (tertiary/aromatic N) is 3. The molecule has 3 heterocycles. The highest BCUT2D eigenvalue weighted by Crippen LogP contribution is 2.34. The molecule has 1 N–H and O–H groups in total. The van der Waals surface area contributed by atoms with Crippen LogP contribution in [0.25, 0.3) is 0 Å². The largest absolute Gasteiger partial charge is 0.481 e. The van der Waals surface area contributed by atoms with Gasteiger partial charge in [-0.2, -0.15) is 0 Å². The molecule has 0 aromatic carbocycles. The predicted octanol–water partition coefficient (Wildman–Crippen LogP) is 2.10. The first-order valence-electron chi connectivity index (χ1n) is 7.33. The molecular weight excluding hydrogens is 314 g/mol. The number of hydrogen-bond acceptors (Lipinski definition) is 5. The molecule has 3 rings (SSSR count). The van der Waals surface area contributed by atoms with Crippen LogP contribution in [-0.4, -0.2) is 44.9 Å². The van der Waals surface area contributed by atoms with Gasteiger partial charge in [0.05, 0.1) is 16.6 Å². The summed E-state index contributed by atoms with van der Waals surface area (Å²) in [5.41, 5.74) is 1.61. The Morgan fingerprint density at radius 1 is 1.26 bits per heavy atom. The van der Waals surface area contributed by atoms with Gasteiger partial charge in [0.25, 0.3) is 5.91 Å². The molecule has 2 aromatic rings. The van der Waals surface area contributed by atoms with E-state index in [0.717, 1.165) is 10.6 Å². The number of aromatic nitrogens is 2. The third-order valence-electron chi connectivity index (χ3n) is 4.16. The topological polar surface area (TPSA) is 83.4 Å². The number of likely N-dealkylation sites (tertiary alicyclic amines) is 1. The highest BCUT2D eigenvalue weighted by atomic mass is 32.1. The van der Waals surface area contributed by atoms with E-state index < -0.39 is 11.9 Å². The second-order valence-electron chi connectivity index (χ2n) is 5.69. The zero-order valence-electron chi connectivity index (χ0n) is 12.9. The Hall–Kier alpha value is -2.28. The molecule has 0 saturated carbocycles. The molecule has 1 saturated heterocycles. The van der Waals surface area contributed by atoms with E-state index in [4.69, 9.17) is 0 Å². The Balaban J connectivity index is 1.87. The lowest BCUT2D eigenvalue weighted by atomic mass is 9.90. The van der Waals surface area contributed by atoms with Crippen LogP contribution >= 0.6 is 11.3 Å².